The molecule has 7 nitrogen and oxygen atoms in total. The summed E-state index contributed by atoms with van der Waals surface area (Å²) >= 11 is 0. The number of H-pyrrole nitrogens is 1. The smallest absolute Gasteiger partial charge is 0.270 e. The molecule has 1 aliphatic heterocycles. The molecule has 3 aromatic rings. The Morgan fingerprint density at radius 3 is 2.81 bits per heavy atom. The minimum atomic E-state index is -0.208. The fraction of sp³-hybridized carbons (Fsp3) is 0.400. The highest BCUT2D eigenvalue weighted by Gasteiger charge is 2.23. The first kappa shape index (κ1) is 17.5. The van der Waals surface area contributed by atoms with Crippen LogP contribution in [0.1, 0.15) is 25.0 Å². The third-order valence-electron chi connectivity index (χ3n) is 5.24. The Morgan fingerprint density at radius 1 is 1.22 bits per heavy atom. The van der Waals surface area contributed by atoms with Gasteiger partial charge in [0.15, 0.2) is 0 Å². The van der Waals surface area contributed by atoms with E-state index < -0.39 is 0 Å². The fourth-order valence-corrected chi connectivity index (χ4v) is 3.68. The van der Waals surface area contributed by atoms with Gasteiger partial charge >= 0.3 is 0 Å². The molecule has 2 aromatic heterocycles. The lowest BCUT2D eigenvalue weighted by molar-refractivity contribution is -0.132. The first-order chi connectivity index (χ1) is 13.2. The zero-order chi connectivity index (χ0) is 18.6. The Hall–Kier alpha value is -2.96. The van der Waals surface area contributed by atoms with Gasteiger partial charge in [0.2, 0.25) is 5.91 Å². The molecule has 0 atom stereocenters. The maximum absolute atomic E-state index is 12.5. The van der Waals surface area contributed by atoms with Gasteiger partial charge in [-0.25, -0.2) is 9.97 Å². The molecule has 140 valence electrons. The molecule has 27 heavy (non-hydrogen) atoms. The summed E-state index contributed by atoms with van der Waals surface area (Å²) in [6, 6.07) is 7.43. The Labute approximate surface area is 157 Å². The van der Waals surface area contributed by atoms with Crippen LogP contribution >= 0.6 is 0 Å². The van der Waals surface area contributed by atoms with Gasteiger partial charge in [-0.15, -0.1) is 0 Å². The highest BCUT2D eigenvalue weighted by Crippen LogP contribution is 2.20. The van der Waals surface area contributed by atoms with E-state index in [4.69, 9.17) is 0 Å². The van der Waals surface area contributed by atoms with Crippen molar-refractivity contribution in [2.75, 3.05) is 13.1 Å². The number of nitrogens with zero attached hydrogens (tertiary/aromatic N) is 4. The topological polar surface area (TPSA) is 83.9 Å². The third-order valence-corrected chi connectivity index (χ3v) is 5.24. The number of carbonyl (C=O) groups excluding carboxylic acids is 1. The van der Waals surface area contributed by atoms with Gasteiger partial charge < -0.3 is 14.5 Å². The lowest BCUT2D eigenvalue weighted by Crippen LogP contribution is -2.39. The Morgan fingerprint density at radius 2 is 2.04 bits per heavy atom. The highest BCUT2D eigenvalue weighted by atomic mass is 16.2. The summed E-state index contributed by atoms with van der Waals surface area (Å²) in [6.07, 6.45) is 8.30. The molecule has 1 aliphatic rings. The van der Waals surface area contributed by atoms with Gasteiger partial charge in [-0.05, 0) is 30.9 Å². The summed E-state index contributed by atoms with van der Waals surface area (Å²) in [5, 5.41) is 0. The summed E-state index contributed by atoms with van der Waals surface area (Å²) in [5.41, 5.74) is 1.69. The number of aromatic amines is 1. The Balaban J connectivity index is 1.31. The molecule has 0 saturated carbocycles. The number of imidazole rings is 1. The normalized spacial score (nSPS) is 15.3. The number of hydrogen-bond donors (Lipinski definition) is 1. The van der Waals surface area contributed by atoms with Crippen LogP contribution in [0, 0.1) is 5.92 Å². The lowest BCUT2D eigenvalue weighted by atomic mass is 9.96. The van der Waals surface area contributed by atoms with E-state index in [1.54, 1.807) is 6.20 Å². The molecule has 0 aliphatic carbocycles. The second-order valence-corrected chi connectivity index (χ2v) is 7.11. The van der Waals surface area contributed by atoms with Crippen LogP contribution in [0.25, 0.3) is 11.0 Å². The first-order valence-electron chi connectivity index (χ1n) is 9.40. The molecule has 0 radical (unpaired) electrons. The van der Waals surface area contributed by atoms with Gasteiger partial charge in [0.25, 0.3) is 5.56 Å². The maximum Gasteiger partial charge on any atom is 0.270 e. The molecule has 1 N–H and O–H groups in total. The van der Waals surface area contributed by atoms with E-state index in [1.165, 1.54) is 0 Å². The lowest BCUT2D eigenvalue weighted by Gasteiger charge is -2.32. The van der Waals surface area contributed by atoms with Crippen LogP contribution in [-0.2, 0) is 17.8 Å². The number of para-hydroxylation sites is 2. The van der Waals surface area contributed by atoms with Crippen LogP contribution in [0.2, 0.25) is 0 Å². The quantitative estimate of drug-likeness (QED) is 0.749. The molecule has 0 bridgehead atoms. The number of benzene rings is 1. The molecule has 0 spiro atoms. The monoisotopic (exact) mass is 365 g/mol. The average Bonchev–Trinajstić information content (AvgIpc) is 3.19. The number of nitrogens with one attached hydrogen (secondary N) is 1. The highest BCUT2D eigenvalue weighted by molar-refractivity contribution is 5.77. The van der Waals surface area contributed by atoms with E-state index in [1.807, 2.05) is 41.7 Å². The number of fused-ring (bicyclic) bond motifs is 1. The molecule has 3 heterocycles. The second-order valence-electron chi connectivity index (χ2n) is 7.11. The van der Waals surface area contributed by atoms with Gasteiger partial charge in [-0.1, -0.05) is 12.1 Å². The van der Waals surface area contributed by atoms with Crippen molar-refractivity contribution in [2.45, 2.75) is 32.2 Å². The number of hydrogen-bond acceptors (Lipinski definition) is 4. The van der Waals surface area contributed by atoms with Crippen LogP contribution < -0.4 is 5.56 Å². The van der Waals surface area contributed by atoms with Gasteiger partial charge in [-0.2, -0.15) is 0 Å². The van der Waals surface area contributed by atoms with Crippen molar-refractivity contribution in [3.63, 3.8) is 0 Å². The van der Waals surface area contributed by atoms with E-state index in [9.17, 15) is 9.59 Å². The van der Waals surface area contributed by atoms with Crippen molar-refractivity contribution < 1.29 is 4.79 Å². The van der Waals surface area contributed by atoms with Crippen LogP contribution in [0.4, 0.5) is 0 Å². The number of carbonyl (C=O) groups is 1. The van der Waals surface area contributed by atoms with Crippen molar-refractivity contribution in [1.29, 1.82) is 0 Å². The summed E-state index contributed by atoms with van der Waals surface area (Å²) in [6.45, 7) is 2.51. The summed E-state index contributed by atoms with van der Waals surface area (Å²) in [5.74, 6) is 0.679. The van der Waals surface area contributed by atoms with Crippen LogP contribution in [0.15, 0.2) is 47.8 Å². The van der Waals surface area contributed by atoms with Crippen molar-refractivity contribution in [3.05, 3.63) is 59.0 Å². The average molecular weight is 365 g/mol. The molecular formula is C20H23N5O2. The summed E-state index contributed by atoms with van der Waals surface area (Å²) in [4.78, 5) is 38.0. The van der Waals surface area contributed by atoms with Gasteiger partial charge in [-0.3, -0.25) is 9.59 Å². The predicted octanol–water partition coefficient (Wildman–Crippen LogP) is 1.99. The van der Waals surface area contributed by atoms with E-state index in [2.05, 4.69) is 19.5 Å². The van der Waals surface area contributed by atoms with E-state index in [-0.39, 0.29) is 11.5 Å². The van der Waals surface area contributed by atoms with Crippen molar-refractivity contribution in [1.82, 2.24) is 24.4 Å². The summed E-state index contributed by atoms with van der Waals surface area (Å²) in [7, 11) is 0. The number of rotatable bonds is 5. The Bertz CT molecular complexity index is 971. The van der Waals surface area contributed by atoms with E-state index in [0.717, 1.165) is 43.5 Å². The molecule has 1 aromatic carbocycles. The summed E-state index contributed by atoms with van der Waals surface area (Å²) < 4.78 is 2.10. The minimum Gasteiger partial charge on any atom is -0.343 e. The molecule has 1 saturated heterocycles. The van der Waals surface area contributed by atoms with E-state index in [0.29, 0.717) is 24.5 Å². The standard InChI is InChI=1S/C20H23N5O2/c26-19(25-10-7-15(8-11-25)13-24-12-9-21-14-24)6-5-18-20(27)23-17-4-2-1-3-16(17)22-18/h1-4,9,12,14-15H,5-8,10-11,13H2,(H,23,27). The molecular weight excluding hydrogens is 342 g/mol. The first-order valence-corrected chi connectivity index (χ1v) is 9.40. The number of aryl methyl sites for hydroxylation is 1. The third kappa shape index (κ3) is 4.07. The van der Waals surface area contributed by atoms with Crippen LogP contribution in [0.3, 0.4) is 0 Å². The number of likely N-dealkylation sites (tertiary alicyclic amines) is 1. The van der Waals surface area contributed by atoms with Crippen molar-refractivity contribution in [2.24, 2.45) is 5.92 Å². The van der Waals surface area contributed by atoms with E-state index >= 15 is 0 Å². The van der Waals surface area contributed by atoms with Gasteiger partial charge in [0.1, 0.15) is 5.69 Å². The maximum atomic E-state index is 12.5. The van der Waals surface area contributed by atoms with Gasteiger partial charge in [0.05, 0.1) is 17.4 Å². The predicted molar refractivity (Wildman–Crippen MR) is 102 cm³/mol. The number of amides is 1. The number of piperidine rings is 1. The molecule has 1 fully saturated rings. The molecule has 7 heteroatoms. The van der Waals surface area contributed by atoms with Gasteiger partial charge in [0, 0.05) is 44.9 Å². The zero-order valence-corrected chi connectivity index (χ0v) is 15.2. The number of aromatic nitrogens is 4. The molecule has 4 rings (SSSR count). The SMILES string of the molecule is O=C(CCc1nc2ccccc2[nH]c1=O)N1CCC(Cn2ccnc2)CC1. The second kappa shape index (κ2) is 7.73. The molecule has 1 amide bonds. The van der Waals surface area contributed by atoms with Crippen LogP contribution in [0.5, 0.6) is 0 Å². The van der Waals surface area contributed by atoms with Crippen molar-refractivity contribution in [3.8, 4) is 0 Å². The van der Waals surface area contributed by atoms with Crippen molar-refractivity contribution >= 4 is 16.9 Å². The molecule has 0 unspecified atom stereocenters. The largest absolute Gasteiger partial charge is 0.343 e. The minimum absolute atomic E-state index is 0.102. The van der Waals surface area contributed by atoms with Crippen LogP contribution in [-0.4, -0.2) is 43.4 Å². The fourth-order valence-electron chi connectivity index (χ4n) is 3.68. The Kier molecular flexibility index (Phi) is 5.00. The zero-order valence-electron chi connectivity index (χ0n) is 15.2.